The van der Waals surface area contributed by atoms with Gasteiger partial charge in [0.2, 0.25) is 0 Å². The first-order chi connectivity index (χ1) is 12.0. The van der Waals surface area contributed by atoms with Crippen LogP contribution in [0.3, 0.4) is 0 Å². The molecule has 6 nitrogen and oxygen atoms in total. The molecule has 0 spiro atoms. The zero-order chi connectivity index (χ0) is 18.0. The molecule has 2 aromatic carbocycles. The SMILES string of the molecule is CCn1c(-c2c(Cl)cccc2Cl)nc(N(N)c2ccccc2)nc1=O. The van der Waals surface area contributed by atoms with E-state index < -0.39 is 5.69 Å². The molecule has 1 heterocycles. The molecule has 0 aliphatic heterocycles. The lowest BCUT2D eigenvalue weighted by Gasteiger charge is -2.19. The maximum absolute atomic E-state index is 12.5. The average molecular weight is 376 g/mol. The number of hydrazine groups is 1. The molecule has 0 atom stereocenters. The topological polar surface area (TPSA) is 77.0 Å². The third-order valence-electron chi connectivity index (χ3n) is 3.64. The van der Waals surface area contributed by atoms with Crippen molar-refractivity contribution in [1.82, 2.24) is 14.5 Å². The number of nitrogens with two attached hydrogens (primary N) is 1. The second-order valence-corrected chi connectivity index (χ2v) is 5.99. The largest absolute Gasteiger partial charge is 0.352 e. The molecule has 2 N–H and O–H groups in total. The predicted molar refractivity (Wildman–Crippen MR) is 100 cm³/mol. The van der Waals surface area contributed by atoms with E-state index in [1.807, 2.05) is 25.1 Å². The van der Waals surface area contributed by atoms with Crippen LogP contribution in [0.4, 0.5) is 11.6 Å². The van der Waals surface area contributed by atoms with Gasteiger partial charge < -0.3 is 0 Å². The summed E-state index contributed by atoms with van der Waals surface area (Å²) in [7, 11) is 0. The quantitative estimate of drug-likeness (QED) is 0.556. The summed E-state index contributed by atoms with van der Waals surface area (Å²) < 4.78 is 1.40. The van der Waals surface area contributed by atoms with E-state index in [4.69, 9.17) is 29.0 Å². The van der Waals surface area contributed by atoms with Gasteiger partial charge in [-0.15, -0.1) is 0 Å². The minimum Gasteiger partial charge on any atom is -0.276 e. The Balaban J connectivity index is 2.22. The number of rotatable bonds is 4. The monoisotopic (exact) mass is 375 g/mol. The first kappa shape index (κ1) is 17.4. The van der Waals surface area contributed by atoms with Crippen molar-refractivity contribution in [2.24, 2.45) is 5.84 Å². The molecule has 0 aliphatic rings. The van der Waals surface area contributed by atoms with Crippen LogP contribution in [0.15, 0.2) is 53.3 Å². The number of anilines is 2. The summed E-state index contributed by atoms with van der Waals surface area (Å²) in [5.74, 6) is 6.47. The van der Waals surface area contributed by atoms with Crippen LogP contribution in [0, 0.1) is 0 Å². The molecule has 3 rings (SSSR count). The highest BCUT2D eigenvalue weighted by Gasteiger charge is 2.19. The summed E-state index contributed by atoms with van der Waals surface area (Å²) in [5.41, 5.74) is 0.632. The molecule has 0 radical (unpaired) electrons. The number of hydrogen-bond donors (Lipinski definition) is 1. The van der Waals surface area contributed by atoms with Crippen LogP contribution >= 0.6 is 23.2 Å². The van der Waals surface area contributed by atoms with Gasteiger partial charge in [0.05, 0.1) is 21.3 Å². The summed E-state index contributed by atoms with van der Waals surface area (Å²) >= 11 is 12.6. The van der Waals surface area contributed by atoms with Crippen LogP contribution in [0.25, 0.3) is 11.4 Å². The van der Waals surface area contributed by atoms with Crippen molar-refractivity contribution in [1.29, 1.82) is 0 Å². The van der Waals surface area contributed by atoms with E-state index in [9.17, 15) is 4.79 Å². The maximum Gasteiger partial charge on any atom is 0.352 e. The number of hydrogen-bond acceptors (Lipinski definition) is 5. The lowest BCUT2D eigenvalue weighted by Crippen LogP contribution is -2.33. The van der Waals surface area contributed by atoms with Crippen LogP contribution in [-0.2, 0) is 6.54 Å². The molecule has 0 aliphatic carbocycles. The van der Waals surface area contributed by atoms with Crippen molar-refractivity contribution in [3.63, 3.8) is 0 Å². The van der Waals surface area contributed by atoms with Crippen molar-refractivity contribution in [3.05, 3.63) is 69.1 Å². The molecule has 0 fully saturated rings. The lowest BCUT2D eigenvalue weighted by atomic mass is 10.2. The third kappa shape index (κ3) is 3.37. The second kappa shape index (κ2) is 7.23. The Morgan fingerprint density at radius 3 is 2.28 bits per heavy atom. The van der Waals surface area contributed by atoms with Gasteiger partial charge >= 0.3 is 5.69 Å². The number of aromatic nitrogens is 3. The van der Waals surface area contributed by atoms with E-state index in [-0.39, 0.29) is 5.95 Å². The van der Waals surface area contributed by atoms with Gasteiger partial charge in [-0.25, -0.2) is 15.6 Å². The van der Waals surface area contributed by atoms with Crippen molar-refractivity contribution in [3.8, 4) is 11.4 Å². The highest BCUT2D eigenvalue weighted by molar-refractivity contribution is 6.39. The van der Waals surface area contributed by atoms with Crippen molar-refractivity contribution >= 4 is 34.8 Å². The summed E-state index contributed by atoms with van der Waals surface area (Å²) in [6.45, 7) is 2.18. The molecule has 0 bridgehead atoms. The van der Waals surface area contributed by atoms with Crippen LogP contribution in [0.5, 0.6) is 0 Å². The molecule has 0 amide bonds. The normalized spacial score (nSPS) is 10.7. The Bertz CT molecular complexity index is 939. The van der Waals surface area contributed by atoms with Gasteiger partial charge in [0.25, 0.3) is 5.95 Å². The Morgan fingerprint density at radius 2 is 1.68 bits per heavy atom. The second-order valence-electron chi connectivity index (χ2n) is 5.18. The van der Waals surface area contributed by atoms with Gasteiger partial charge in [0, 0.05) is 6.54 Å². The minimum absolute atomic E-state index is 0.0619. The Morgan fingerprint density at radius 1 is 1.04 bits per heavy atom. The molecular formula is C17H15Cl2N5O. The Kier molecular flexibility index (Phi) is 5.03. The smallest absolute Gasteiger partial charge is 0.276 e. The minimum atomic E-state index is -0.482. The summed E-state index contributed by atoms with van der Waals surface area (Å²) in [6, 6.07) is 14.2. The van der Waals surface area contributed by atoms with E-state index in [1.54, 1.807) is 30.3 Å². The maximum atomic E-state index is 12.5. The molecule has 8 heteroatoms. The first-order valence-corrected chi connectivity index (χ1v) is 8.31. The summed E-state index contributed by atoms with van der Waals surface area (Å²) in [4.78, 5) is 20.9. The molecular weight excluding hydrogens is 361 g/mol. The highest BCUT2D eigenvalue weighted by Crippen LogP contribution is 2.33. The highest BCUT2D eigenvalue weighted by atomic mass is 35.5. The first-order valence-electron chi connectivity index (χ1n) is 7.56. The van der Waals surface area contributed by atoms with Crippen molar-refractivity contribution in [2.75, 3.05) is 5.01 Å². The van der Waals surface area contributed by atoms with Crippen LogP contribution < -0.4 is 16.5 Å². The van der Waals surface area contributed by atoms with E-state index in [2.05, 4.69) is 9.97 Å². The Labute approximate surface area is 154 Å². The van der Waals surface area contributed by atoms with E-state index >= 15 is 0 Å². The molecule has 1 aromatic heterocycles. The summed E-state index contributed by atoms with van der Waals surface area (Å²) in [6.07, 6.45) is 0. The fourth-order valence-corrected chi connectivity index (χ4v) is 2.98. The van der Waals surface area contributed by atoms with Gasteiger partial charge in [0.15, 0.2) is 5.82 Å². The van der Waals surface area contributed by atoms with Gasteiger partial charge in [0.1, 0.15) is 0 Å². The van der Waals surface area contributed by atoms with Crippen molar-refractivity contribution < 1.29 is 0 Å². The number of nitrogens with zero attached hydrogens (tertiary/aromatic N) is 4. The third-order valence-corrected chi connectivity index (χ3v) is 4.27. The standard InChI is InChI=1S/C17H15Cl2N5O/c1-2-23-15(14-12(18)9-6-10-13(14)19)21-16(22-17(23)25)24(20)11-7-4-3-5-8-11/h3-10H,2,20H2,1H3. The number of halogens is 2. The molecule has 25 heavy (non-hydrogen) atoms. The molecule has 0 saturated heterocycles. The fraction of sp³-hybridized carbons (Fsp3) is 0.118. The van der Waals surface area contributed by atoms with Crippen LogP contribution in [-0.4, -0.2) is 14.5 Å². The van der Waals surface area contributed by atoms with Gasteiger partial charge in [-0.2, -0.15) is 9.97 Å². The summed E-state index contributed by atoms with van der Waals surface area (Å²) in [5, 5.41) is 2.03. The number of benzene rings is 2. The van der Waals surface area contributed by atoms with Gasteiger partial charge in [-0.1, -0.05) is 47.5 Å². The number of para-hydroxylation sites is 1. The average Bonchev–Trinajstić information content (AvgIpc) is 2.61. The zero-order valence-corrected chi connectivity index (χ0v) is 14.9. The van der Waals surface area contributed by atoms with Gasteiger partial charge in [-0.3, -0.25) is 4.57 Å². The molecule has 3 aromatic rings. The van der Waals surface area contributed by atoms with Crippen LogP contribution in [0.2, 0.25) is 10.0 Å². The van der Waals surface area contributed by atoms with Gasteiger partial charge in [-0.05, 0) is 31.2 Å². The van der Waals surface area contributed by atoms with E-state index in [0.717, 1.165) is 0 Å². The lowest BCUT2D eigenvalue weighted by molar-refractivity contribution is 0.682. The van der Waals surface area contributed by atoms with E-state index in [1.165, 1.54) is 9.58 Å². The zero-order valence-electron chi connectivity index (χ0n) is 13.4. The fourth-order valence-electron chi connectivity index (χ4n) is 2.42. The van der Waals surface area contributed by atoms with Crippen LogP contribution in [0.1, 0.15) is 6.92 Å². The predicted octanol–water partition coefficient (Wildman–Crippen LogP) is 3.64. The molecule has 0 saturated carbocycles. The van der Waals surface area contributed by atoms with Crippen molar-refractivity contribution in [2.45, 2.75) is 13.5 Å². The molecule has 128 valence electrons. The van der Waals surface area contributed by atoms with E-state index in [0.29, 0.717) is 33.7 Å². The Hall–Kier alpha value is -2.41. The molecule has 0 unspecified atom stereocenters.